The summed E-state index contributed by atoms with van der Waals surface area (Å²) in [6.45, 7) is 11.8. The maximum atomic E-state index is 3.59. The highest BCUT2D eigenvalue weighted by molar-refractivity contribution is 4.85. The van der Waals surface area contributed by atoms with E-state index in [0.29, 0.717) is 6.04 Å². The van der Waals surface area contributed by atoms with Gasteiger partial charge in [0.15, 0.2) is 0 Å². The number of piperazine rings is 1. The van der Waals surface area contributed by atoms with E-state index in [1.807, 2.05) is 0 Å². The molecule has 0 bridgehead atoms. The summed E-state index contributed by atoms with van der Waals surface area (Å²) in [6, 6.07) is 1.37. The Morgan fingerprint density at radius 2 is 2.06 bits per heavy atom. The summed E-state index contributed by atoms with van der Waals surface area (Å²) >= 11 is 0. The van der Waals surface area contributed by atoms with E-state index in [-0.39, 0.29) is 0 Å². The van der Waals surface area contributed by atoms with Crippen LogP contribution in [-0.4, -0.2) is 62.2 Å². The molecule has 1 saturated heterocycles. The average molecular weight is 227 g/mol. The zero-order chi connectivity index (χ0) is 12.1. The van der Waals surface area contributed by atoms with Gasteiger partial charge in [-0.2, -0.15) is 0 Å². The summed E-state index contributed by atoms with van der Waals surface area (Å²) in [7, 11) is 4.31. The van der Waals surface area contributed by atoms with Gasteiger partial charge in [-0.25, -0.2) is 0 Å². The quantitative estimate of drug-likeness (QED) is 0.763. The lowest BCUT2D eigenvalue weighted by Crippen LogP contribution is -2.57. The van der Waals surface area contributed by atoms with E-state index in [1.165, 1.54) is 26.1 Å². The van der Waals surface area contributed by atoms with Crippen LogP contribution in [0, 0.1) is 5.92 Å². The van der Waals surface area contributed by atoms with Crippen LogP contribution in [-0.2, 0) is 0 Å². The first kappa shape index (κ1) is 13.9. The van der Waals surface area contributed by atoms with Gasteiger partial charge in [0.1, 0.15) is 0 Å². The minimum absolute atomic E-state index is 0.648. The molecule has 96 valence electrons. The molecule has 3 nitrogen and oxygen atoms in total. The van der Waals surface area contributed by atoms with E-state index in [4.69, 9.17) is 0 Å². The van der Waals surface area contributed by atoms with Gasteiger partial charge in [-0.1, -0.05) is 13.8 Å². The predicted molar refractivity (Wildman–Crippen MR) is 70.8 cm³/mol. The van der Waals surface area contributed by atoms with Gasteiger partial charge in [0.05, 0.1) is 0 Å². The van der Waals surface area contributed by atoms with Crippen molar-refractivity contribution >= 4 is 0 Å². The van der Waals surface area contributed by atoms with Crippen molar-refractivity contribution in [2.45, 2.75) is 39.3 Å². The molecule has 1 aliphatic heterocycles. The minimum atomic E-state index is 0.648. The van der Waals surface area contributed by atoms with Crippen molar-refractivity contribution in [3.05, 3.63) is 0 Å². The fourth-order valence-corrected chi connectivity index (χ4v) is 2.51. The van der Waals surface area contributed by atoms with Gasteiger partial charge in [-0.05, 0) is 46.4 Å². The second kappa shape index (κ2) is 6.58. The highest BCUT2D eigenvalue weighted by Gasteiger charge is 2.27. The standard InChI is InChI=1S/C13H29N3/c1-11(2)13-9-14-12(3)10-16(13)8-6-7-15(4)5/h11-14H,6-10H2,1-5H3. The molecule has 3 heteroatoms. The van der Waals surface area contributed by atoms with Gasteiger partial charge in [0.25, 0.3) is 0 Å². The van der Waals surface area contributed by atoms with Crippen LogP contribution < -0.4 is 5.32 Å². The van der Waals surface area contributed by atoms with Crippen LogP contribution >= 0.6 is 0 Å². The Morgan fingerprint density at radius 1 is 1.38 bits per heavy atom. The summed E-state index contributed by atoms with van der Waals surface area (Å²) in [4.78, 5) is 4.95. The smallest absolute Gasteiger partial charge is 0.0244 e. The van der Waals surface area contributed by atoms with Gasteiger partial charge < -0.3 is 10.2 Å². The van der Waals surface area contributed by atoms with E-state index in [9.17, 15) is 0 Å². The van der Waals surface area contributed by atoms with Crippen molar-refractivity contribution in [3.63, 3.8) is 0 Å². The minimum Gasteiger partial charge on any atom is -0.311 e. The molecule has 0 aromatic rings. The Morgan fingerprint density at radius 3 is 2.62 bits per heavy atom. The first-order chi connectivity index (χ1) is 7.50. The number of nitrogens with one attached hydrogen (secondary N) is 1. The van der Waals surface area contributed by atoms with E-state index in [1.54, 1.807) is 0 Å². The molecule has 1 rings (SSSR count). The first-order valence-corrected chi connectivity index (χ1v) is 6.63. The predicted octanol–water partition coefficient (Wildman–Crippen LogP) is 1.26. The van der Waals surface area contributed by atoms with Crippen molar-refractivity contribution in [2.75, 3.05) is 40.3 Å². The third-order valence-electron chi connectivity index (χ3n) is 3.47. The fourth-order valence-electron chi connectivity index (χ4n) is 2.51. The third-order valence-corrected chi connectivity index (χ3v) is 3.47. The van der Waals surface area contributed by atoms with E-state index in [0.717, 1.165) is 18.5 Å². The monoisotopic (exact) mass is 227 g/mol. The molecule has 0 aliphatic carbocycles. The summed E-state index contributed by atoms with van der Waals surface area (Å²) in [5.74, 6) is 0.749. The van der Waals surface area contributed by atoms with E-state index >= 15 is 0 Å². The van der Waals surface area contributed by atoms with Gasteiger partial charge in [-0.15, -0.1) is 0 Å². The molecule has 0 saturated carbocycles. The Hall–Kier alpha value is -0.120. The molecule has 16 heavy (non-hydrogen) atoms. The van der Waals surface area contributed by atoms with Crippen LogP contribution in [0.5, 0.6) is 0 Å². The Kier molecular flexibility index (Phi) is 5.73. The van der Waals surface area contributed by atoms with Gasteiger partial charge >= 0.3 is 0 Å². The molecule has 1 N–H and O–H groups in total. The Balaban J connectivity index is 2.38. The second-order valence-corrected chi connectivity index (χ2v) is 5.77. The lowest BCUT2D eigenvalue weighted by atomic mass is 9.98. The SMILES string of the molecule is CC1CN(CCCN(C)C)C(C(C)C)CN1. The van der Waals surface area contributed by atoms with Gasteiger partial charge in [-0.3, -0.25) is 4.90 Å². The average Bonchev–Trinajstić information content (AvgIpc) is 2.16. The molecule has 0 amide bonds. The molecule has 0 radical (unpaired) electrons. The number of hydrogen-bond acceptors (Lipinski definition) is 3. The van der Waals surface area contributed by atoms with Crippen molar-refractivity contribution < 1.29 is 0 Å². The molecule has 0 spiro atoms. The van der Waals surface area contributed by atoms with Crippen LogP contribution in [0.25, 0.3) is 0 Å². The van der Waals surface area contributed by atoms with Crippen molar-refractivity contribution in [2.24, 2.45) is 5.92 Å². The first-order valence-electron chi connectivity index (χ1n) is 6.63. The topological polar surface area (TPSA) is 18.5 Å². The molecule has 1 fully saturated rings. The lowest BCUT2D eigenvalue weighted by Gasteiger charge is -2.41. The molecule has 1 aliphatic rings. The molecule has 0 aromatic heterocycles. The van der Waals surface area contributed by atoms with Crippen LogP contribution in [0.2, 0.25) is 0 Å². The summed E-state index contributed by atoms with van der Waals surface area (Å²) < 4.78 is 0. The Labute approximate surface area is 101 Å². The fraction of sp³-hybridized carbons (Fsp3) is 1.00. The van der Waals surface area contributed by atoms with E-state index in [2.05, 4.69) is 50.0 Å². The molecule has 2 unspecified atom stereocenters. The van der Waals surface area contributed by atoms with Crippen molar-refractivity contribution in [1.29, 1.82) is 0 Å². The molecular weight excluding hydrogens is 198 g/mol. The zero-order valence-corrected chi connectivity index (χ0v) is 11.7. The third kappa shape index (κ3) is 4.40. The van der Waals surface area contributed by atoms with Crippen LogP contribution in [0.3, 0.4) is 0 Å². The Bertz CT molecular complexity index is 192. The normalized spacial score (nSPS) is 27.9. The maximum absolute atomic E-state index is 3.59. The number of nitrogens with zero attached hydrogens (tertiary/aromatic N) is 2. The molecular formula is C13H29N3. The number of rotatable bonds is 5. The van der Waals surface area contributed by atoms with E-state index < -0.39 is 0 Å². The lowest BCUT2D eigenvalue weighted by molar-refractivity contribution is 0.0991. The summed E-state index contributed by atoms with van der Waals surface area (Å²) in [6.07, 6.45) is 1.28. The zero-order valence-electron chi connectivity index (χ0n) is 11.7. The highest BCUT2D eigenvalue weighted by Crippen LogP contribution is 2.15. The van der Waals surface area contributed by atoms with Crippen molar-refractivity contribution in [1.82, 2.24) is 15.1 Å². The number of hydrogen-bond donors (Lipinski definition) is 1. The second-order valence-electron chi connectivity index (χ2n) is 5.77. The largest absolute Gasteiger partial charge is 0.311 e. The van der Waals surface area contributed by atoms with Gasteiger partial charge in [0.2, 0.25) is 0 Å². The van der Waals surface area contributed by atoms with Crippen LogP contribution in [0.4, 0.5) is 0 Å². The molecule has 0 aromatic carbocycles. The summed E-state index contributed by atoms with van der Waals surface area (Å²) in [5, 5.41) is 3.59. The van der Waals surface area contributed by atoms with Crippen LogP contribution in [0.1, 0.15) is 27.2 Å². The maximum Gasteiger partial charge on any atom is 0.0244 e. The summed E-state index contributed by atoms with van der Waals surface area (Å²) in [5.41, 5.74) is 0. The van der Waals surface area contributed by atoms with Crippen LogP contribution in [0.15, 0.2) is 0 Å². The van der Waals surface area contributed by atoms with Crippen molar-refractivity contribution in [3.8, 4) is 0 Å². The molecule has 2 atom stereocenters. The molecule has 1 heterocycles. The van der Waals surface area contributed by atoms with Gasteiger partial charge in [0, 0.05) is 25.2 Å². The highest BCUT2D eigenvalue weighted by atomic mass is 15.2.